The van der Waals surface area contributed by atoms with Gasteiger partial charge in [0.05, 0.1) is 16.4 Å². The Morgan fingerprint density at radius 2 is 1.64 bits per heavy atom. The largest absolute Gasteiger partial charge is 0.243 e. The lowest BCUT2D eigenvalue weighted by Crippen LogP contribution is -2.44. The molecule has 1 aliphatic rings. The van der Waals surface area contributed by atoms with E-state index in [0.29, 0.717) is 18.9 Å². The zero-order valence-corrected chi connectivity index (χ0v) is 14.1. The molecule has 0 unspecified atom stereocenters. The Balaban J connectivity index is 1.84. The Morgan fingerprint density at radius 3 is 2.20 bits per heavy atom. The highest BCUT2D eigenvalue weighted by atomic mass is 32.2. The van der Waals surface area contributed by atoms with E-state index >= 15 is 0 Å². The highest BCUT2D eigenvalue weighted by molar-refractivity contribution is 7.89. The Labute approximate surface area is 145 Å². The third kappa shape index (κ3) is 3.15. The predicted octanol–water partition coefficient (Wildman–Crippen LogP) is 3.21. The zero-order valence-electron chi connectivity index (χ0n) is 13.3. The quantitative estimate of drug-likeness (QED) is 0.842. The molecule has 0 radical (unpaired) electrons. The van der Waals surface area contributed by atoms with E-state index in [9.17, 15) is 22.5 Å². The molecule has 2 aromatic rings. The molecule has 0 atom stereocenters. The molecule has 1 saturated heterocycles. The molecule has 0 spiro atoms. The standard InChI is InChI=1S/C18H16F2N2O2S/c19-16-7-6-15(12-17(16)20)25(23,24)22-10-8-18(13-21,9-11-22)14-4-2-1-3-5-14/h1-7,12H,8-11H2. The SMILES string of the molecule is N#CC1(c2ccccc2)CCN(S(=O)(=O)c2ccc(F)c(F)c2)CC1. The van der Waals surface area contributed by atoms with Crippen molar-refractivity contribution >= 4 is 10.0 Å². The molecule has 0 bridgehead atoms. The number of piperidine rings is 1. The van der Waals surface area contributed by atoms with Crippen molar-refractivity contribution in [2.45, 2.75) is 23.2 Å². The van der Waals surface area contributed by atoms with Crippen molar-refractivity contribution < 1.29 is 17.2 Å². The Kier molecular flexibility index (Phi) is 4.58. The van der Waals surface area contributed by atoms with Crippen molar-refractivity contribution in [1.82, 2.24) is 4.31 Å². The van der Waals surface area contributed by atoms with Crippen molar-refractivity contribution in [1.29, 1.82) is 5.26 Å². The number of rotatable bonds is 3. The number of hydrogen-bond donors (Lipinski definition) is 0. The Morgan fingerprint density at radius 1 is 1.00 bits per heavy atom. The maximum atomic E-state index is 13.4. The summed E-state index contributed by atoms with van der Waals surface area (Å²) in [4.78, 5) is -0.282. The second-order valence-electron chi connectivity index (χ2n) is 6.04. The number of benzene rings is 2. The number of nitriles is 1. The summed E-state index contributed by atoms with van der Waals surface area (Å²) in [7, 11) is -3.92. The van der Waals surface area contributed by atoms with E-state index in [2.05, 4.69) is 6.07 Å². The van der Waals surface area contributed by atoms with Gasteiger partial charge < -0.3 is 0 Å². The van der Waals surface area contributed by atoms with Crippen molar-refractivity contribution in [3.8, 4) is 6.07 Å². The van der Waals surface area contributed by atoms with Gasteiger partial charge >= 0.3 is 0 Å². The van der Waals surface area contributed by atoms with E-state index in [-0.39, 0.29) is 18.0 Å². The van der Waals surface area contributed by atoms with E-state index in [1.807, 2.05) is 30.3 Å². The second-order valence-corrected chi connectivity index (χ2v) is 7.98. The maximum Gasteiger partial charge on any atom is 0.243 e. The van der Waals surface area contributed by atoms with Crippen LogP contribution in [-0.2, 0) is 15.4 Å². The molecule has 0 aromatic heterocycles. The molecule has 130 valence electrons. The van der Waals surface area contributed by atoms with E-state index in [1.165, 1.54) is 4.31 Å². The predicted molar refractivity (Wildman–Crippen MR) is 88.1 cm³/mol. The van der Waals surface area contributed by atoms with E-state index in [4.69, 9.17) is 0 Å². The van der Waals surface area contributed by atoms with Crippen molar-refractivity contribution in [3.05, 3.63) is 65.7 Å². The van der Waals surface area contributed by atoms with Crippen LogP contribution < -0.4 is 0 Å². The van der Waals surface area contributed by atoms with Crippen LogP contribution in [0.4, 0.5) is 8.78 Å². The first kappa shape index (κ1) is 17.5. The number of halogens is 2. The fourth-order valence-corrected chi connectivity index (χ4v) is 4.57. The Hall–Kier alpha value is -2.30. The van der Waals surface area contributed by atoms with E-state index in [0.717, 1.165) is 17.7 Å². The summed E-state index contributed by atoms with van der Waals surface area (Å²) in [6.07, 6.45) is 0.687. The first-order valence-electron chi connectivity index (χ1n) is 7.81. The molecule has 3 rings (SSSR count). The van der Waals surface area contributed by atoms with Crippen LogP contribution in [0.25, 0.3) is 0 Å². The highest BCUT2D eigenvalue weighted by Gasteiger charge is 2.40. The van der Waals surface area contributed by atoms with E-state index in [1.54, 1.807) is 0 Å². The summed E-state index contributed by atoms with van der Waals surface area (Å²) in [6.45, 7) is 0.285. The lowest BCUT2D eigenvalue weighted by atomic mass is 9.74. The van der Waals surface area contributed by atoms with Gasteiger partial charge in [0.2, 0.25) is 10.0 Å². The molecule has 0 N–H and O–H groups in total. The molecule has 0 aliphatic carbocycles. The summed E-state index contributed by atoms with van der Waals surface area (Å²) in [5.41, 5.74) is 0.129. The molecule has 4 nitrogen and oxygen atoms in total. The lowest BCUT2D eigenvalue weighted by Gasteiger charge is -2.36. The number of sulfonamides is 1. The van der Waals surface area contributed by atoms with Crippen LogP contribution in [0, 0.1) is 23.0 Å². The van der Waals surface area contributed by atoms with Crippen LogP contribution in [0.3, 0.4) is 0 Å². The fourth-order valence-electron chi connectivity index (χ4n) is 3.12. The van der Waals surface area contributed by atoms with Gasteiger partial charge in [0, 0.05) is 13.1 Å². The molecular weight excluding hydrogens is 346 g/mol. The number of hydrogen-bond acceptors (Lipinski definition) is 3. The smallest absolute Gasteiger partial charge is 0.207 e. The molecule has 1 fully saturated rings. The van der Waals surface area contributed by atoms with Crippen LogP contribution in [0.1, 0.15) is 18.4 Å². The van der Waals surface area contributed by atoms with E-state index < -0.39 is 27.1 Å². The minimum Gasteiger partial charge on any atom is -0.207 e. The van der Waals surface area contributed by atoms with Crippen molar-refractivity contribution in [2.24, 2.45) is 0 Å². The molecule has 2 aromatic carbocycles. The first-order chi connectivity index (χ1) is 11.9. The molecule has 0 amide bonds. The third-order valence-corrected chi connectivity index (χ3v) is 6.54. The van der Waals surface area contributed by atoms with Gasteiger partial charge in [-0.3, -0.25) is 0 Å². The summed E-state index contributed by atoms with van der Waals surface area (Å²) in [5, 5.41) is 9.66. The monoisotopic (exact) mass is 362 g/mol. The van der Waals surface area contributed by atoms with Crippen LogP contribution in [-0.4, -0.2) is 25.8 Å². The van der Waals surface area contributed by atoms with Crippen LogP contribution in [0.5, 0.6) is 0 Å². The lowest BCUT2D eigenvalue weighted by molar-refractivity contribution is 0.277. The van der Waals surface area contributed by atoms with Crippen LogP contribution >= 0.6 is 0 Å². The normalized spacial score (nSPS) is 17.8. The minimum absolute atomic E-state index is 0.143. The summed E-state index contributed by atoms with van der Waals surface area (Å²) in [6, 6.07) is 14.2. The van der Waals surface area contributed by atoms with Crippen LogP contribution in [0.15, 0.2) is 53.4 Å². The molecule has 1 aliphatic heterocycles. The fraction of sp³-hybridized carbons (Fsp3) is 0.278. The van der Waals surface area contributed by atoms with Gasteiger partial charge in [0.1, 0.15) is 0 Å². The maximum absolute atomic E-state index is 13.4. The van der Waals surface area contributed by atoms with Gasteiger partial charge in [0.25, 0.3) is 0 Å². The topological polar surface area (TPSA) is 61.2 Å². The van der Waals surface area contributed by atoms with Gasteiger partial charge in [-0.05, 0) is 36.6 Å². The van der Waals surface area contributed by atoms with Gasteiger partial charge in [-0.15, -0.1) is 0 Å². The number of nitrogens with zero attached hydrogens (tertiary/aromatic N) is 2. The highest BCUT2D eigenvalue weighted by Crippen LogP contribution is 2.36. The van der Waals surface area contributed by atoms with Crippen molar-refractivity contribution in [3.63, 3.8) is 0 Å². The Bertz CT molecular complexity index is 916. The average molecular weight is 362 g/mol. The first-order valence-corrected chi connectivity index (χ1v) is 9.25. The molecular formula is C18H16F2N2O2S. The molecule has 7 heteroatoms. The summed E-state index contributed by atoms with van der Waals surface area (Å²) in [5.74, 6) is -2.29. The molecule has 25 heavy (non-hydrogen) atoms. The van der Waals surface area contributed by atoms with Gasteiger partial charge in [-0.25, -0.2) is 17.2 Å². The minimum atomic E-state index is -3.92. The molecule has 0 saturated carbocycles. The molecule has 1 heterocycles. The van der Waals surface area contributed by atoms with Gasteiger partial charge in [0.15, 0.2) is 11.6 Å². The van der Waals surface area contributed by atoms with Crippen molar-refractivity contribution in [2.75, 3.05) is 13.1 Å². The van der Waals surface area contributed by atoms with Gasteiger partial charge in [-0.1, -0.05) is 30.3 Å². The zero-order chi connectivity index (χ0) is 18.1. The van der Waals surface area contributed by atoms with Crippen LogP contribution in [0.2, 0.25) is 0 Å². The summed E-state index contributed by atoms with van der Waals surface area (Å²) >= 11 is 0. The second kappa shape index (κ2) is 6.54. The van der Waals surface area contributed by atoms with Gasteiger partial charge in [-0.2, -0.15) is 9.57 Å². The summed E-state index contributed by atoms with van der Waals surface area (Å²) < 4.78 is 52.9. The average Bonchev–Trinajstić information content (AvgIpc) is 2.64. The third-order valence-electron chi connectivity index (χ3n) is 4.65.